The second-order valence-corrected chi connectivity index (χ2v) is 6.76. The summed E-state index contributed by atoms with van der Waals surface area (Å²) in [6.07, 6.45) is -0.326. The third kappa shape index (κ3) is 4.87. The van der Waals surface area contributed by atoms with Gasteiger partial charge in [0.2, 0.25) is 0 Å². The zero-order valence-electron chi connectivity index (χ0n) is 14.2. The molecule has 126 valence electrons. The van der Waals surface area contributed by atoms with Crippen LogP contribution in [-0.4, -0.2) is 53.2 Å². The molecule has 0 saturated carbocycles. The molecule has 0 bridgehead atoms. The van der Waals surface area contributed by atoms with Gasteiger partial charge in [0.25, 0.3) is 0 Å². The first-order chi connectivity index (χ1) is 10.8. The van der Waals surface area contributed by atoms with Crippen LogP contribution >= 0.6 is 0 Å². The van der Waals surface area contributed by atoms with E-state index in [-0.39, 0.29) is 18.2 Å². The molecule has 6 heteroatoms. The van der Waals surface area contributed by atoms with Crippen molar-refractivity contribution in [3.05, 3.63) is 30.3 Å². The Balaban J connectivity index is 1.90. The van der Waals surface area contributed by atoms with Crippen molar-refractivity contribution in [2.45, 2.75) is 39.3 Å². The number of hydrogen-bond donors (Lipinski definition) is 1. The van der Waals surface area contributed by atoms with Gasteiger partial charge in [0.05, 0.1) is 0 Å². The van der Waals surface area contributed by atoms with E-state index in [4.69, 9.17) is 4.74 Å². The summed E-state index contributed by atoms with van der Waals surface area (Å²) in [7, 11) is 0. The number of amides is 3. The maximum Gasteiger partial charge on any atom is 0.410 e. The lowest BCUT2D eigenvalue weighted by atomic mass is 10.2. The first-order valence-corrected chi connectivity index (χ1v) is 7.87. The van der Waals surface area contributed by atoms with Crippen molar-refractivity contribution in [3.63, 3.8) is 0 Å². The number of urea groups is 1. The molecule has 1 unspecified atom stereocenters. The Morgan fingerprint density at radius 3 is 2.39 bits per heavy atom. The van der Waals surface area contributed by atoms with Crippen LogP contribution in [0.25, 0.3) is 0 Å². The zero-order valence-corrected chi connectivity index (χ0v) is 14.2. The van der Waals surface area contributed by atoms with Gasteiger partial charge in [-0.25, -0.2) is 9.59 Å². The summed E-state index contributed by atoms with van der Waals surface area (Å²) in [6.45, 7) is 8.90. The van der Waals surface area contributed by atoms with Crippen molar-refractivity contribution in [3.8, 4) is 0 Å². The van der Waals surface area contributed by atoms with Gasteiger partial charge in [-0.2, -0.15) is 0 Å². The Kier molecular flexibility index (Phi) is 5.13. The fourth-order valence-corrected chi connectivity index (χ4v) is 2.46. The van der Waals surface area contributed by atoms with Crippen LogP contribution in [0.1, 0.15) is 27.7 Å². The Morgan fingerprint density at radius 2 is 1.83 bits per heavy atom. The molecule has 1 heterocycles. The van der Waals surface area contributed by atoms with Crippen LogP contribution in [-0.2, 0) is 4.74 Å². The highest BCUT2D eigenvalue weighted by molar-refractivity contribution is 5.89. The molecule has 1 saturated heterocycles. The number of ether oxygens (including phenoxy) is 1. The first kappa shape index (κ1) is 17.1. The van der Waals surface area contributed by atoms with E-state index in [0.29, 0.717) is 19.6 Å². The Morgan fingerprint density at radius 1 is 1.17 bits per heavy atom. The van der Waals surface area contributed by atoms with Gasteiger partial charge >= 0.3 is 12.1 Å². The molecule has 0 spiro atoms. The van der Waals surface area contributed by atoms with Crippen molar-refractivity contribution in [1.82, 2.24) is 9.80 Å². The average molecular weight is 319 g/mol. The zero-order chi connectivity index (χ0) is 17.0. The summed E-state index contributed by atoms with van der Waals surface area (Å²) in [4.78, 5) is 27.9. The number of benzene rings is 1. The molecule has 23 heavy (non-hydrogen) atoms. The fourth-order valence-electron chi connectivity index (χ4n) is 2.46. The van der Waals surface area contributed by atoms with Crippen LogP contribution in [0.5, 0.6) is 0 Å². The number of piperazine rings is 1. The second-order valence-electron chi connectivity index (χ2n) is 6.76. The largest absolute Gasteiger partial charge is 0.444 e. The first-order valence-electron chi connectivity index (χ1n) is 7.87. The number of carbonyl (C=O) groups is 2. The maximum absolute atomic E-state index is 12.3. The lowest BCUT2D eigenvalue weighted by Crippen LogP contribution is -2.57. The molecule has 1 aromatic carbocycles. The van der Waals surface area contributed by atoms with E-state index in [0.717, 1.165) is 5.69 Å². The number of anilines is 1. The minimum Gasteiger partial charge on any atom is -0.444 e. The molecule has 0 aliphatic carbocycles. The van der Waals surface area contributed by atoms with Crippen molar-refractivity contribution < 1.29 is 14.3 Å². The van der Waals surface area contributed by atoms with Crippen molar-refractivity contribution >= 4 is 17.8 Å². The minimum absolute atomic E-state index is 0.0832. The van der Waals surface area contributed by atoms with E-state index >= 15 is 0 Å². The van der Waals surface area contributed by atoms with E-state index in [9.17, 15) is 9.59 Å². The predicted molar refractivity (Wildman–Crippen MR) is 89.4 cm³/mol. The SMILES string of the molecule is CC1CN(C(=O)Nc2ccccc2)CCN1C(=O)OC(C)(C)C. The van der Waals surface area contributed by atoms with Gasteiger partial charge in [-0.05, 0) is 39.8 Å². The number of hydrogen-bond acceptors (Lipinski definition) is 3. The van der Waals surface area contributed by atoms with Gasteiger partial charge in [0, 0.05) is 31.4 Å². The Labute approximate surface area is 137 Å². The molecular weight excluding hydrogens is 294 g/mol. The number of para-hydroxylation sites is 1. The molecule has 1 atom stereocenters. The van der Waals surface area contributed by atoms with Crippen LogP contribution in [0.2, 0.25) is 0 Å². The second kappa shape index (κ2) is 6.89. The van der Waals surface area contributed by atoms with Gasteiger partial charge in [-0.15, -0.1) is 0 Å². The molecular formula is C17H25N3O3. The molecule has 0 aromatic heterocycles. The summed E-state index contributed by atoms with van der Waals surface area (Å²) in [6, 6.07) is 9.11. The molecule has 1 aliphatic heterocycles. The van der Waals surface area contributed by atoms with Crippen LogP contribution in [0.4, 0.5) is 15.3 Å². The van der Waals surface area contributed by atoms with Crippen molar-refractivity contribution in [1.29, 1.82) is 0 Å². The topological polar surface area (TPSA) is 61.9 Å². The standard InChI is InChI=1S/C17H25N3O3/c1-13-12-19(15(21)18-14-8-6-5-7-9-14)10-11-20(13)16(22)23-17(2,3)4/h5-9,13H,10-12H2,1-4H3,(H,18,21). The highest BCUT2D eigenvalue weighted by Crippen LogP contribution is 2.16. The molecule has 2 rings (SSSR count). The minimum atomic E-state index is -0.515. The average Bonchev–Trinajstić information content (AvgIpc) is 2.46. The third-order valence-corrected chi connectivity index (χ3v) is 3.57. The number of rotatable bonds is 1. The summed E-state index contributed by atoms with van der Waals surface area (Å²) < 4.78 is 5.41. The third-order valence-electron chi connectivity index (χ3n) is 3.57. The van der Waals surface area contributed by atoms with Crippen LogP contribution in [0.15, 0.2) is 30.3 Å². The van der Waals surface area contributed by atoms with E-state index < -0.39 is 5.60 Å². The maximum atomic E-state index is 12.3. The summed E-state index contributed by atoms with van der Waals surface area (Å²) >= 11 is 0. The van der Waals surface area contributed by atoms with E-state index in [1.807, 2.05) is 58.0 Å². The van der Waals surface area contributed by atoms with Gasteiger partial charge in [-0.3, -0.25) is 0 Å². The van der Waals surface area contributed by atoms with Crippen molar-refractivity contribution in [2.24, 2.45) is 0 Å². The molecule has 1 aliphatic rings. The molecule has 1 fully saturated rings. The quantitative estimate of drug-likeness (QED) is 0.865. The summed E-state index contributed by atoms with van der Waals surface area (Å²) in [5.74, 6) is 0. The highest BCUT2D eigenvalue weighted by atomic mass is 16.6. The van der Waals surface area contributed by atoms with E-state index in [1.165, 1.54) is 0 Å². The predicted octanol–water partition coefficient (Wildman–Crippen LogP) is 3.16. The fraction of sp³-hybridized carbons (Fsp3) is 0.529. The van der Waals surface area contributed by atoms with E-state index in [1.54, 1.807) is 9.80 Å². The van der Waals surface area contributed by atoms with Gasteiger partial charge in [0.1, 0.15) is 5.60 Å². The monoisotopic (exact) mass is 319 g/mol. The molecule has 3 amide bonds. The number of nitrogens with zero attached hydrogens (tertiary/aromatic N) is 2. The van der Waals surface area contributed by atoms with Gasteiger partial charge in [0.15, 0.2) is 0 Å². The van der Waals surface area contributed by atoms with Crippen LogP contribution in [0.3, 0.4) is 0 Å². The van der Waals surface area contributed by atoms with E-state index in [2.05, 4.69) is 5.32 Å². The van der Waals surface area contributed by atoms with Crippen LogP contribution in [0, 0.1) is 0 Å². The highest BCUT2D eigenvalue weighted by Gasteiger charge is 2.32. The normalized spacial score (nSPS) is 18.5. The lowest BCUT2D eigenvalue weighted by Gasteiger charge is -2.40. The number of carbonyl (C=O) groups excluding carboxylic acids is 2. The molecule has 1 N–H and O–H groups in total. The molecule has 6 nitrogen and oxygen atoms in total. The number of nitrogens with one attached hydrogen (secondary N) is 1. The molecule has 0 radical (unpaired) electrons. The van der Waals surface area contributed by atoms with Gasteiger partial charge in [-0.1, -0.05) is 18.2 Å². The lowest BCUT2D eigenvalue weighted by molar-refractivity contribution is 0.00589. The Hall–Kier alpha value is -2.24. The smallest absolute Gasteiger partial charge is 0.410 e. The molecule has 1 aromatic rings. The summed E-state index contributed by atoms with van der Waals surface area (Å²) in [5, 5.41) is 2.87. The van der Waals surface area contributed by atoms with Gasteiger partial charge < -0.3 is 19.9 Å². The summed E-state index contributed by atoms with van der Waals surface area (Å²) in [5.41, 5.74) is 0.248. The van der Waals surface area contributed by atoms with Crippen molar-refractivity contribution in [2.75, 3.05) is 25.0 Å². The van der Waals surface area contributed by atoms with Crippen LogP contribution < -0.4 is 5.32 Å². The Bertz CT molecular complexity index is 554.